The third-order valence-corrected chi connectivity index (χ3v) is 5.26. The monoisotopic (exact) mass is 392 g/mol. The number of carbonyl (C=O) groups excluding carboxylic acids is 2. The summed E-state index contributed by atoms with van der Waals surface area (Å²) in [5.74, 6) is -1.36. The van der Waals surface area contributed by atoms with Gasteiger partial charge < -0.3 is 14.8 Å². The number of ether oxygens (including phenoxy) is 2. The number of carbonyl (C=O) groups is 2. The van der Waals surface area contributed by atoms with E-state index in [-0.39, 0.29) is 15.5 Å². The van der Waals surface area contributed by atoms with Gasteiger partial charge in [-0.3, -0.25) is 4.79 Å². The summed E-state index contributed by atoms with van der Waals surface area (Å²) in [7, 11) is 0.573. The van der Waals surface area contributed by atoms with Crippen LogP contribution >= 0.6 is 11.6 Å². The van der Waals surface area contributed by atoms with E-state index in [4.69, 9.17) is 21.1 Å². The molecule has 25 heavy (non-hydrogen) atoms. The molecule has 0 unspecified atom stereocenters. The minimum Gasteiger partial charge on any atom is -0.452 e. The molecule has 0 spiro atoms. The standard InChI is InChI=1S/C15H21ClN2O6S/c1-18(2)25(21,22)11-5-6-13(16)12(9-11)15(20)24-10-14(19)17-7-4-8-23-3/h5-6,9H,4,7-8,10H2,1-3H3,(H,17,19). The normalized spacial score (nSPS) is 11.4. The van der Waals surface area contributed by atoms with Gasteiger partial charge >= 0.3 is 5.97 Å². The van der Waals surface area contributed by atoms with Gasteiger partial charge in [0.1, 0.15) is 0 Å². The first kappa shape index (κ1) is 21.4. The summed E-state index contributed by atoms with van der Waals surface area (Å²) in [5.41, 5.74) is -0.128. The van der Waals surface area contributed by atoms with Crippen molar-refractivity contribution in [1.29, 1.82) is 0 Å². The molecule has 0 radical (unpaired) electrons. The van der Waals surface area contributed by atoms with Crippen LogP contribution in [0.25, 0.3) is 0 Å². The van der Waals surface area contributed by atoms with E-state index in [1.165, 1.54) is 26.2 Å². The summed E-state index contributed by atoms with van der Waals surface area (Å²) >= 11 is 5.93. The van der Waals surface area contributed by atoms with Crippen LogP contribution in [0.2, 0.25) is 5.02 Å². The fourth-order valence-electron chi connectivity index (χ4n) is 1.74. The second-order valence-corrected chi connectivity index (χ2v) is 7.76. The van der Waals surface area contributed by atoms with E-state index in [0.29, 0.717) is 19.6 Å². The number of nitrogens with zero attached hydrogens (tertiary/aromatic N) is 1. The van der Waals surface area contributed by atoms with Crippen LogP contribution in [0.3, 0.4) is 0 Å². The molecule has 0 heterocycles. The fraction of sp³-hybridized carbons (Fsp3) is 0.467. The molecule has 140 valence electrons. The number of methoxy groups -OCH3 is 1. The number of sulfonamides is 1. The maximum atomic E-state index is 12.1. The van der Waals surface area contributed by atoms with Crippen molar-refractivity contribution in [3.63, 3.8) is 0 Å². The molecule has 0 fully saturated rings. The van der Waals surface area contributed by atoms with Crippen LogP contribution in [0.5, 0.6) is 0 Å². The second-order valence-electron chi connectivity index (χ2n) is 5.20. The third-order valence-electron chi connectivity index (χ3n) is 3.12. The van der Waals surface area contributed by atoms with E-state index in [0.717, 1.165) is 10.4 Å². The number of hydrogen-bond donors (Lipinski definition) is 1. The predicted molar refractivity (Wildman–Crippen MR) is 92.1 cm³/mol. The second kappa shape index (κ2) is 9.71. The first-order valence-electron chi connectivity index (χ1n) is 7.35. The van der Waals surface area contributed by atoms with E-state index in [1.807, 2.05) is 0 Å². The van der Waals surface area contributed by atoms with Gasteiger partial charge in [-0.1, -0.05) is 11.6 Å². The lowest BCUT2D eigenvalue weighted by molar-refractivity contribution is -0.124. The molecule has 1 aromatic rings. The van der Waals surface area contributed by atoms with Gasteiger partial charge in [-0.2, -0.15) is 0 Å². The van der Waals surface area contributed by atoms with Crippen molar-refractivity contribution in [3.8, 4) is 0 Å². The first-order valence-corrected chi connectivity index (χ1v) is 9.16. The molecule has 0 aliphatic carbocycles. The van der Waals surface area contributed by atoms with Crippen LogP contribution in [0.15, 0.2) is 23.1 Å². The number of hydrogen-bond acceptors (Lipinski definition) is 6. The Labute approximate surface area is 152 Å². The predicted octanol–water partition coefficient (Wildman–Crippen LogP) is 0.900. The highest BCUT2D eigenvalue weighted by atomic mass is 35.5. The van der Waals surface area contributed by atoms with Gasteiger partial charge in [-0.15, -0.1) is 0 Å². The van der Waals surface area contributed by atoms with E-state index in [2.05, 4.69) is 5.32 Å². The Balaban J connectivity index is 2.74. The number of nitrogens with one attached hydrogen (secondary N) is 1. The van der Waals surface area contributed by atoms with Crippen molar-refractivity contribution in [2.45, 2.75) is 11.3 Å². The lowest BCUT2D eigenvalue weighted by atomic mass is 10.2. The zero-order chi connectivity index (χ0) is 19.0. The van der Waals surface area contributed by atoms with Crippen LogP contribution in [0, 0.1) is 0 Å². The lowest BCUT2D eigenvalue weighted by Gasteiger charge is -2.13. The Morgan fingerprint density at radius 3 is 2.56 bits per heavy atom. The molecule has 1 amide bonds. The van der Waals surface area contributed by atoms with Crippen LogP contribution in [-0.4, -0.2) is 65.6 Å². The van der Waals surface area contributed by atoms with Crippen LogP contribution < -0.4 is 5.32 Å². The molecule has 0 aliphatic heterocycles. The smallest absolute Gasteiger partial charge is 0.340 e. The van der Waals surface area contributed by atoms with Gasteiger partial charge in [0.25, 0.3) is 5.91 Å². The average molecular weight is 393 g/mol. The average Bonchev–Trinajstić information content (AvgIpc) is 2.56. The molecule has 0 saturated heterocycles. The molecule has 1 aromatic carbocycles. The van der Waals surface area contributed by atoms with Gasteiger partial charge in [0.2, 0.25) is 10.0 Å². The molecule has 0 atom stereocenters. The van der Waals surface area contributed by atoms with Gasteiger partial charge in [0, 0.05) is 34.4 Å². The van der Waals surface area contributed by atoms with Crippen LogP contribution in [-0.2, 0) is 24.3 Å². The lowest BCUT2D eigenvalue weighted by Crippen LogP contribution is -2.30. The summed E-state index contributed by atoms with van der Waals surface area (Å²) in [4.78, 5) is 23.6. The fourth-order valence-corrected chi connectivity index (χ4v) is 2.86. The van der Waals surface area contributed by atoms with Crippen molar-refractivity contribution in [2.75, 3.05) is 41.0 Å². The van der Waals surface area contributed by atoms with E-state index in [1.54, 1.807) is 7.11 Å². The quantitative estimate of drug-likeness (QED) is 0.495. The van der Waals surface area contributed by atoms with Crippen LogP contribution in [0.4, 0.5) is 0 Å². The molecule has 1 N–H and O–H groups in total. The minimum atomic E-state index is -3.72. The SMILES string of the molecule is COCCCNC(=O)COC(=O)c1cc(S(=O)(=O)N(C)C)ccc1Cl. The first-order chi connectivity index (χ1) is 11.7. The Morgan fingerprint density at radius 2 is 1.96 bits per heavy atom. The number of halogens is 1. The molecule has 8 nitrogen and oxygen atoms in total. The summed E-state index contributed by atoms with van der Waals surface area (Å²) in [6.07, 6.45) is 0.631. The largest absolute Gasteiger partial charge is 0.452 e. The van der Waals surface area contributed by atoms with Gasteiger partial charge in [0.05, 0.1) is 15.5 Å². The van der Waals surface area contributed by atoms with Gasteiger partial charge in [-0.25, -0.2) is 17.5 Å². The summed E-state index contributed by atoms with van der Waals surface area (Å²) in [5, 5.41) is 2.59. The Bertz CT molecular complexity index is 721. The van der Waals surface area contributed by atoms with Crippen molar-refractivity contribution in [1.82, 2.24) is 9.62 Å². The zero-order valence-corrected chi connectivity index (χ0v) is 15.8. The molecule has 1 rings (SSSR count). The number of amides is 1. The molecular formula is C15H21ClN2O6S. The zero-order valence-electron chi connectivity index (χ0n) is 14.2. The summed E-state index contributed by atoms with van der Waals surface area (Å²) in [6.45, 7) is 0.400. The summed E-state index contributed by atoms with van der Waals surface area (Å²) in [6, 6.07) is 3.70. The number of benzene rings is 1. The van der Waals surface area contributed by atoms with Crippen molar-refractivity contribution < 1.29 is 27.5 Å². The van der Waals surface area contributed by atoms with Crippen molar-refractivity contribution >= 4 is 33.5 Å². The van der Waals surface area contributed by atoms with Crippen molar-refractivity contribution in [3.05, 3.63) is 28.8 Å². The van der Waals surface area contributed by atoms with Crippen LogP contribution in [0.1, 0.15) is 16.8 Å². The third kappa shape index (κ3) is 6.28. The highest BCUT2D eigenvalue weighted by Gasteiger charge is 2.21. The number of rotatable bonds is 9. The topological polar surface area (TPSA) is 102 Å². The Hall–Kier alpha value is -1.68. The Morgan fingerprint density at radius 1 is 1.28 bits per heavy atom. The van der Waals surface area contributed by atoms with E-state index >= 15 is 0 Å². The molecule has 10 heteroatoms. The molecule has 0 saturated carbocycles. The molecule has 0 aromatic heterocycles. The maximum absolute atomic E-state index is 12.1. The Kier molecular flexibility index (Phi) is 8.30. The van der Waals surface area contributed by atoms with E-state index < -0.39 is 28.5 Å². The molecule has 0 aliphatic rings. The highest BCUT2D eigenvalue weighted by Crippen LogP contribution is 2.22. The van der Waals surface area contributed by atoms with Crippen molar-refractivity contribution in [2.24, 2.45) is 0 Å². The molecule has 0 bridgehead atoms. The molecular weight excluding hydrogens is 372 g/mol. The summed E-state index contributed by atoms with van der Waals surface area (Å²) < 4.78 is 35.0. The number of esters is 1. The maximum Gasteiger partial charge on any atom is 0.340 e. The van der Waals surface area contributed by atoms with E-state index in [9.17, 15) is 18.0 Å². The highest BCUT2D eigenvalue weighted by molar-refractivity contribution is 7.89. The van der Waals surface area contributed by atoms with Gasteiger partial charge in [-0.05, 0) is 24.6 Å². The van der Waals surface area contributed by atoms with Gasteiger partial charge in [0.15, 0.2) is 6.61 Å². The minimum absolute atomic E-state index is 0.0307.